The summed E-state index contributed by atoms with van der Waals surface area (Å²) in [5.41, 5.74) is 0.926. The second-order valence-electron chi connectivity index (χ2n) is 5.61. The first kappa shape index (κ1) is 19.4. The molecule has 0 bridgehead atoms. The Hall–Kier alpha value is -1.66. The van der Waals surface area contributed by atoms with Crippen molar-refractivity contribution in [1.29, 1.82) is 0 Å². The molecule has 5 nitrogen and oxygen atoms in total. The van der Waals surface area contributed by atoms with Crippen molar-refractivity contribution >= 4 is 5.96 Å². The van der Waals surface area contributed by atoms with Crippen molar-refractivity contribution in [2.75, 3.05) is 54.5 Å². The van der Waals surface area contributed by atoms with Gasteiger partial charge in [-0.15, -0.1) is 0 Å². The maximum absolute atomic E-state index is 13.2. The van der Waals surface area contributed by atoms with Crippen LogP contribution in [0.15, 0.2) is 29.3 Å². The van der Waals surface area contributed by atoms with Gasteiger partial charge in [-0.25, -0.2) is 4.39 Å². The molecule has 1 N–H and O–H groups in total. The van der Waals surface area contributed by atoms with E-state index < -0.39 is 0 Å². The van der Waals surface area contributed by atoms with Crippen molar-refractivity contribution in [3.05, 3.63) is 35.6 Å². The number of benzene rings is 1. The molecule has 0 radical (unpaired) electrons. The fraction of sp³-hybridized carbons (Fsp3) is 0.588. The van der Waals surface area contributed by atoms with Gasteiger partial charge in [0.05, 0.1) is 6.61 Å². The zero-order chi connectivity index (χ0) is 17.1. The Labute approximate surface area is 139 Å². The summed E-state index contributed by atoms with van der Waals surface area (Å²) in [4.78, 5) is 8.51. The Morgan fingerprint density at radius 1 is 1.30 bits per heavy atom. The maximum Gasteiger partial charge on any atom is 0.193 e. The van der Waals surface area contributed by atoms with E-state index >= 15 is 0 Å². The molecule has 6 heteroatoms. The highest BCUT2D eigenvalue weighted by Gasteiger charge is 2.07. The predicted molar refractivity (Wildman–Crippen MR) is 93.2 cm³/mol. The van der Waals surface area contributed by atoms with Crippen LogP contribution in [0.3, 0.4) is 0 Å². The summed E-state index contributed by atoms with van der Waals surface area (Å²) in [6, 6.07) is 6.65. The number of halogens is 1. The van der Waals surface area contributed by atoms with E-state index in [2.05, 4.69) is 22.3 Å². The van der Waals surface area contributed by atoms with Crippen molar-refractivity contribution in [2.24, 2.45) is 4.99 Å². The topological polar surface area (TPSA) is 40.1 Å². The van der Waals surface area contributed by atoms with E-state index in [9.17, 15) is 4.39 Å². The minimum absolute atomic E-state index is 0.210. The highest BCUT2D eigenvalue weighted by molar-refractivity contribution is 5.79. The van der Waals surface area contributed by atoms with E-state index in [4.69, 9.17) is 4.74 Å². The molecule has 0 aromatic heterocycles. The average molecular weight is 324 g/mol. The average Bonchev–Trinajstić information content (AvgIpc) is 2.52. The zero-order valence-electron chi connectivity index (χ0n) is 14.7. The van der Waals surface area contributed by atoms with Gasteiger partial charge in [0.1, 0.15) is 5.82 Å². The van der Waals surface area contributed by atoms with Crippen LogP contribution in [-0.4, -0.2) is 70.3 Å². The number of nitrogens with zero attached hydrogens (tertiary/aromatic N) is 3. The number of methoxy groups -OCH3 is 1. The monoisotopic (exact) mass is 324 g/mol. The lowest BCUT2D eigenvalue weighted by Crippen LogP contribution is -2.39. The van der Waals surface area contributed by atoms with Gasteiger partial charge in [0.15, 0.2) is 5.96 Å². The number of likely N-dealkylation sites (N-methyl/N-ethyl adjacent to an activating group) is 1. The Kier molecular flexibility index (Phi) is 9.24. The highest BCUT2D eigenvalue weighted by atomic mass is 19.1. The van der Waals surface area contributed by atoms with Gasteiger partial charge in [-0.3, -0.25) is 4.99 Å². The van der Waals surface area contributed by atoms with Gasteiger partial charge in [-0.2, -0.15) is 0 Å². The van der Waals surface area contributed by atoms with E-state index in [0.717, 1.165) is 44.2 Å². The summed E-state index contributed by atoms with van der Waals surface area (Å²) < 4.78 is 18.3. The molecule has 0 fully saturated rings. The van der Waals surface area contributed by atoms with Gasteiger partial charge in [0.25, 0.3) is 0 Å². The molecule has 0 saturated carbocycles. The van der Waals surface area contributed by atoms with E-state index in [1.54, 1.807) is 26.3 Å². The lowest BCUT2D eigenvalue weighted by molar-refractivity contribution is 0.161. The first-order valence-electron chi connectivity index (χ1n) is 7.90. The molecule has 0 aliphatic heterocycles. The first-order valence-corrected chi connectivity index (χ1v) is 7.90. The number of nitrogens with one attached hydrogen (secondary N) is 1. The van der Waals surface area contributed by atoms with Crippen LogP contribution in [0.4, 0.5) is 4.39 Å². The molecule has 0 aliphatic carbocycles. The van der Waals surface area contributed by atoms with Gasteiger partial charge >= 0.3 is 0 Å². The lowest BCUT2D eigenvalue weighted by atomic mass is 10.2. The largest absolute Gasteiger partial charge is 0.383 e. The Balaban J connectivity index is 2.33. The Morgan fingerprint density at radius 2 is 2.09 bits per heavy atom. The molecule has 0 unspecified atom stereocenters. The molecule has 0 amide bonds. The summed E-state index contributed by atoms with van der Waals surface area (Å²) in [6.07, 6.45) is 1.02. The summed E-state index contributed by atoms with van der Waals surface area (Å²) in [6.45, 7) is 4.15. The molecular formula is C17H29FN4O. The van der Waals surface area contributed by atoms with Crippen LogP contribution in [0.5, 0.6) is 0 Å². The third-order valence-electron chi connectivity index (χ3n) is 3.56. The molecule has 1 aromatic carbocycles. The minimum atomic E-state index is -0.210. The number of guanidine groups is 1. The second-order valence-corrected chi connectivity index (χ2v) is 5.61. The van der Waals surface area contributed by atoms with Gasteiger partial charge < -0.3 is 19.9 Å². The third-order valence-corrected chi connectivity index (χ3v) is 3.56. The maximum atomic E-state index is 13.2. The van der Waals surface area contributed by atoms with Crippen LogP contribution in [0.25, 0.3) is 0 Å². The number of aliphatic imine (C=N–C) groups is 1. The van der Waals surface area contributed by atoms with E-state index in [1.807, 2.05) is 18.0 Å². The van der Waals surface area contributed by atoms with Crippen molar-refractivity contribution in [2.45, 2.75) is 13.0 Å². The van der Waals surface area contributed by atoms with Crippen LogP contribution < -0.4 is 5.32 Å². The molecule has 130 valence electrons. The standard InChI is InChI=1S/C17H29FN4O/c1-19-17(20-9-6-10-21(2)11-12-23-4)22(3)14-15-7-5-8-16(18)13-15/h5,7-8,13H,6,9-12,14H2,1-4H3,(H,19,20). The van der Waals surface area contributed by atoms with Gasteiger partial charge in [-0.05, 0) is 37.7 Å². The lowest BCUT2D eigenvalue weighted by Gasteiger charge is -2.23. The fourth-order valence-electron chi connectivity index (χ4n) is 2.28. The summed E-state index contributed by atoms with van der Waals surface area (Å²) in [5.74, 6) is 0.603. The second kappa shape index (κ2) is 11.0. The van der Waals surface area contributed by atoms with Crippen LogP contribution in [0.2, 0.25) is 0 Å². The summed E-state index contributed by atoms with van der Waals surface area (Å²) >= 11 is 0. The molecule has 0 spiro atoms. The Bertz CT molecular complexity index is 481. The molecule has 0 saturated heterocycles. The van der Waals surface area contributed by atoms with Crippen molar-refractivity contribution in [3.8, 4) is 0 Å². The summed E-state index contributed by atoms with van der Waals surface area (Å²) in [5, 5.41) is 3.34. The molecule has 0 aliphatic rings. The van der Waals surface area contributed by atoms with Crippen molar-refractivity contribution in [3.63, 3.8) is 0 Å². The Morgan fingerprint density at radius 3 is 2.74 bits per heavy atom. The number of rotatable bonds is 9. The fourth-order valence-corrected chi connectivity index (χ4v) is 2.28. The van der Waals surface area contributed by atoms with Crippen molar-refractivity contribution in [1.82, 2.24) is 15.1 Å². The first-order chi connectivity index (χ1) is 11.1. The van der Waals surface area contributed by atoms with E-state index in [1.165, 1.54) is 6.07 Å². The quantitative estimate of drug-likeness (QED) is 0.427. The van der Waals surface area contributed by atoms with Gasteiger partial charge in [-0.1, -0.05) is 12.1 Å². The van der Waals surface area contributed by atoms with E-state index in [0.29, 0.717) is 6.54 Å². The van der Waals surface area contributed by atoms with Gasteiger partial charge in [0.2, 0.25) is 0 Å². The summed E-state index contributed by atoms with van der Waals surface area (Å²) in [7, 11) is 7.51. The van der Waals surface area contributed by atoms with Gasteiger partial charge in [0, 0.05) is 40.8 Å². The van der Waals surface area contributed by atoms with Crippen LogP contribution in [0, 0.1) is 5.82 Å². The number of hydrogen-bond donors (Lipinski definition) is 1. The molecule has 0 atom stereocenters. The molecule has 1 aromatic rings. The van der Waals surface area contributed by atoms with Crippen LogP contribution in [-0.2, 0) is 11.3 Å². The van der Waals surface area contributed by atoms with Crippen molar-refractivity contribution < 1.29 is 9.13 Å². The van der Waals surface area contributed by atoms with E-state index in [-0.39, 0.29) is 5.82 Å². The highest BCUT2D eigenvalue weighted by Crippen LogP contribution is 2.06. The molecule has 1 rings (SSSR count). The SMILES string of the molecule is CN=C(NCCCN(C)CCOC)N(C)Cc1cccc(F)c1. The number of ether oxygens (including phenoxy) is 1. The normalized spacial score (nSPS) is 11.8. The third kappa shape index (κ3) is 7.95. The molecule has 0 heterocycles. The van der Waals surface area contributed by atoms with Crippen LogP contribution >= 0.6 is 0 Å². The smallest absolute Gasteiger partial charge is 0.193 e. The van der Waals surface area contributed by atoms with Crippen LogP contribution in [0.1, 0.15) is 12.0 Å². The minimum Gasteiger partial charge on any atom is -0.383 e. The zero-order valence-corrected chi connectivity index (χ0v) is 14.7. The molecular weight excluding hydrogens is 295 g/mol. The molecule has 23 heavy (non-hydrogen) atoms. The predicted octanol–water partition coefficient (Wildman–Crippen LogP) is 1.80. The number of hydrogen-bond acceptors (Lipinski definition) is 3.